The van der Waals surface area contributed by atoms with E-state index in [-0.39, 0.29) is 0 Å². The molecule has 1 aromatic heterocycles. The third kappa shape index (κ3) is 3.75. The van der Waals surface area contributed by atoms with E-state index in [4.69, 9.17) is 4.74 Å². The highest BCUT2D eigenvalue weighted by atomic mass is 32.1. The van der Waals surface area contributed by atoms with E-state index in [1.54, 1.807) is 11.3 Å². The average Bonchev–Trinajstić information content (AvgIpc) is 2.77. The largest absolute Gasteiger partial charge is 0.493 e. The highest BCUT2D eigenvalue weighted by Gasteiger charge is 2.01. The Kier molecular flexibility index (Phi) is 4.45. The summed E-state index contributed by atoms with van der Waals surface area (Å²) in [4.78, 5) is 4.44. The number of hydrogen-bond donors (Lipinski definition) is 1. The fraction of sp³-hybridized carbons (Fsp3) is 0.308. The van der Waals surface area contributed by atoms with Crippen molar-refractivity contribution in [2.75, 3.05) is 6.61 Å². The SMILES string of the molecule is Cc1cccc(OCCc2nc(CS)cs2)c1. The molecule has 0 bridgehead atoms. The van der Waals surface area contributed by atoms with E-state index >= 15 is 0 Å². The van der Waals surface area contributed by atoms with Gasteiger partial charge in [-0.05, 0) is 24.6 Å². The fourth-order valence-electron chi connectivity index (χ4n) is 1.50. The van der Waals surface area contributed by atoms with Crippen LogP contribution in [0.5, 0.6) is 5.75 Å². The van der Waals surface area contributed by atoms with Crippen molar-refractivity contribution in [2.24, 2.45) is 0 Å². The van der Waals surface area contributed by atoms with Crippen LogP contribution in [0, 0.1) is 6.92 Å². The minimum atomic E-state index is 0.670. The molecule has 4 heteroatoms. The van der Waals surface area contributed by atoms with E-state index in [0.717, 1.165) is 22.9 Å². The number of thiazole rings is 1. The number of ether oxygens (including phenoxy) is 1. The van der Waals surface area contributed by atoms with E-state index in [1.165, 1.54) is 5.56 Å². The molecule has 0 fully saturated rings. The Morgan fingerprint density at radius 1 is 1.41 bits per heavy atom. The van der Waals surface area contributed by atoms with Crippen LogP contribution in [-0.2, 0) is 12.2 Å². The van der Waals surface area contributed by atoms with Gasteiger partial charge in [-0.2, -0.15) is 12.6 Å². The number of hydrogen-bond acceptors (Lipinski definition) is 4. The summed E-state index contributed by atoms with van der Waals surface area (Å²) in [5, 5.41) is 3.16. The van der Waals surface area contributed by atoms with Crippen molar-refractivity contribution in [1.82, 2.24) is 4.98 Å². The second kappa shape index (κ2) is 6.07. The van der Waals surface area contributed by atoms with Crippen molar-refractivity contribution in [3.63, 3.8) is 0 Å². The minimum absolute atomic E-state index is 0.670. The van der Waals surface area contributed by atoms with E-state index in [2.05, 4.69) is 36.0 Å². The zero-order valence-corrected chi connectivity index (χ0v) is 11.4. The zero-order valence-electron chi connectivity index (χ0n) is 9.72. The standard InChI is InChI=1S/C13H15NOS2/c1-10-3-2-4-12(7-10)15-6-5-13-14-11(8-16)9-17-13/h2-4,7,9,16H,5-6,8H2,1H3. The molecule has 0 spiro atoms. The Morgan fingerprint density at radius 2 is 2.29 bits per heavy atom. The fourth-order valence-corrected chi connectivity index (χ4v) is 2.56. The molecule has 0 saturated heterocycles. The minimum Gasteiger partial charge on any atom is -0.493 e. The summed E-state index contributed by atoms with van der Waals surface area (Å²) in [6.07, 6.45) is 0.854. The summed E-state index contributed by atoms with van der Waals surface area (Å²) >= 11 is 5.87. The number of thiol groups is 1. The summed E-state index contributed by atoms with van der Waals surface area (Å²) in [6.45, 7) is 2.73. The first kappa shape index (κ1) is 12.5. The third-order valence-electron chi connectivity index (χ3n) is 2.34. The Hall–Kier alpha value is -1.00. The first-order valence-electron chi connectivity index (χ1n) is 5.51. The monoisotopic (exact) mass is 265 g/mol. The third-order valence-corrected chi connectivity index (χ3v) is 3.62. The van der Waals surface area contributed by atoms with Gasteiger partial charge in [0.2, 0.25) is 0 Å². The van der Waals surface area contributed by atoms with E-state index in [9.17, 15) is 0 Å². The summed E-state index contributed by atoms with van der Waals surface area (Å²) in [6, 6.07) is 8.09. The van der Waals surface area contributed by atoms with Crippen molar-refractivity contribution in [1.29, 1.82) is 0 Å². The van der Waals surface area contributed by atoms with Crippen LogP contribution in [0.25, 0.3) is 0 Å². The molecule has 0 atom stereocenters. The van der Waals surface area contributed by atoms with Crippen molar-refractivity contribution >= 4 is 24.0 Å². The van der Waals surface area contributed by atoms with Gasteiger partial charge in [-0.3, -0.25) is 0 Å². The van der Waals surface area contributed by atoms with Crippen LogP contribution in [0.4, 0.5) is 0 Å². The number of aromatic nitrogens is 1. The quantitative estimate of drug-likeness (QED) is 0.836. The van der Waals surface area contributed by atoms with Crippen molar-refractivity contribution < 1.29 is 4.74 Å². The topological polar surface area (TPSA) is 22.1 Å². The van der Waals surface area contributed by atoms with Crippen LogP contribution in [0.2, 0.25) is 0 Å². The first-order valence-corrected chi connectivity index (χ1v) is 7.03. The maximum absolute atomic E-state index is 5.68. The van der Waals surface area contributed by atoms with Crippen molar-refractivity contribution in [2.45, 2.75) is 19.1 Å². The molecular formula is C13H15NOS2. The molecule has 0 unspecified atom stereocenters. The first-order chi connectivity index (χ1) is 8.28. The van der Waals surface area contributed by atoms with E-state index in [1.807, 2.05) is 18.2 Å². The van der Waals surface area contributed by atoms with E-state index < -0.39 is 0 Å². The molecule has 1 aromatic carbocycles. The molecule has 0 aliphatic heterocycles. The molecule has 2 rings (SSSR count). The van der Waals surface area contributed by atoms with Gasteiger partial charge < -0.3 is 4.74 Å². The van der Waals surface area contributed by atoms with Gasteiger partial charge in [0, 0.05) is 17.6 Å². The molecule has 0 saturated carbocycles. The highest BCUT2D eigenvalue weighted by molar-refractivity contribution is 7.79. The molecule has 0 aliphatic carbocycles. The lowest BCUT2D eigenvalue weighted by molar-refractivity contribution is 0.321. The Labute approximate surface area is 111 Å². The molecule has 2 aromatic rings. The van der Waals surface area contributed by atoms with Crippen molar-refractivity contribution in [3.05, 3.63) is 45.9 Å². The lowest BCUT2D eigenvalue weighted by Gasteiger charge is -2.05. The summed E-state index contributed by atoms with van der Waals surface area (Å²) in [5.74, 6) is 1.63. The summed E-state index contributed by atoms with van der Waals surface area (Å²) in [5.41, 5.74) is 2.26. The predicted molar refractivity (Wildman–Crippen MR) is 75.2 cm³/mol. The molecule has 0 amide bonds. The van der Waals surface area contributed by atoms with Gasteiger partial charge >= 0.3 is 0 Å². The van der Waals surface area contributed by atoms with Gasteiger partial charge in [-0.25, -0.2) is 4.98 Å². The van der Waals surface area contributed by atoms with Gasteiger partial charge in [0.05, 0.1) is 17.3 Å². The van der Waals surface area contributed by atoms with Gasteiger partial charge in [-0.1, -0.05) is 12.1 Å². The normalized spacial score (nSPS) is 10.5. The van der Waals surface area contributed by atoms with Crippen LogP contribution < -0.4 is 4.74 Å². The van der Waals surface area contributed by atoms with Crippen LogP contribution >= 0.6 is 24.0 Å². The lowest BCUT2D eigenvalue weighted by atomic mass is 10.2. The smallest absolute Gasteiger partial charge is 0.119 e. The van der Waals surface area contributed by atoms with Gasteiger partial charge in [0.15, 0.2) is 0 Å². The Balaban J connectivity index is 1.83. The molecule has 2 nitrogen and oxygen atoms in total. The van der Waals surface area contributed by atoms with Gasteiger partial charge in [0.25, 0.3) is 0 Å². The predicted octanol–water partition coefficient (Wildman–Crippen LogP) is 3.50. The van der Waals surface area contributed by atoms with Gasteiger partial charge in [0.1, 0.15) is 5.75 Å². The lowest BCUT2D eigenvalue weighted by Crippen LogP contribution is -2.01. The zero-order chi connectivity index (χ0) is 12.1. The van der Waals surface area contributed by atoms with Crippen LogP contribution in [0.3, 0.4) is 0 Å². The second-order valence-corrected chi connectivity index (χ2v) is 5.06. The van der Waals surface area contributed by atoms with E-state index in [0.29, 0.717) is 12.4 Å². The van der Waals surface area contributed by atoms with Crippen molar-refractivity contribution in [3.8, 4) is 5.75 Å². The molecule has 0 aliphatic rings. The molecular weight excluding hydrogens is 250 g/mol. The summed E-state index contributed by atoms with van der Waals surface area (Å²) < 4.78 is 5.68. The second-order valence-electron chi connectivity index (χ2n) is 3.81. The average molecular weight is 265 g/mol. The van der Waals surface area contributed by atoms with Crippen LogP contribution in [-0.4, -0.2) is 11.6 Å². The summed E-state index contributed by atoms with van der Waals surface area (Å²) in [7, 11) is 0. The molecule has 1 heterocycles. The molecule has 0 N–H and O–H groups in total. The molecule has 17 heavy (non-hydrogen) atoms. The Bertz CT molecular complexity index is 482. The number of rotatable bonds is 5. The maximum atomic E-state index is 5.68. The van der Waals surface area contributed by atoms with Crippen LogP contribution in [0.1, 0.15) is 16.3 Å². The molecule has 90 valence electrons. The number of aryl methyl sites for hydroxylation is 1. The van der Waals surface area contributed by atoms with Gasteiger partial charge in [-0.15, -0.1) is 11.3 Å². The maximum Gasteiger partial charge on any atom is 0.119 e. The number of benzene rings is 1. The van der Waals surface area contributed by atoms with Crippen LogP contribution in [0.15, 0.2) is 29.6 Å². The molecule has 0 radical (unpaired) electrons. The highest BCUT2D eigenvalue weighted by Crippen LogP contribution is 2.15. The number of nitrogens with zero attached hydrogens (tertiary/aromatic N) is 1. The Morgan fingerprint density at radius 3 is 3.00 bits per heavy atom.